The minimum atomic E-state index is 0.0355. The molecule has 1 heterocycles. The molecule has 1 atom stereocenters. The molecule has 0 radical (unpaired) electrons. The molecule has 1 aromatic rings. The van der Waals surface area contributed by atoms with E-state index in [0.717, 1.165) is 18.4 Å². The number of hydrogen-bond donors (Lipinski definition) is 2. The average molecular weight is 221 g/mol. The van der Waals surface area contributed by atoms with Gasteiger partial charge in [-0.1, -0.05) is 0 Å². The Morgan fingerprint density at radius 1 is 1.44 bits per heavy atom. The summed E-state index contributed by atoms with van der Waals surface area (Å²) in [7, 11) is 0. The van der Waals surface area contributed by atoms with E-state index in [9.17, 15) is 4.79 Å². The highest BCUT2D eigenvalue weighted by molar-refractivity contribution is 5.76. The molecule has 0 unspecified atom stereocenters. The van der Waals surface area contributed by atoms with Crippen molar-refractivity contribution in [2.45, 2.75) is 32.2 Å². The Labute approximate surface area is 96.3 Å². The maximum atomic E-state index is 11.5. The Balaban J connectivity index is 2.34. The molecule has 0 saturated carbocycles. The van der Waals surface area contributed by atoms with Gasteiger partial charge in [0.15, 0.2) is 0 Å². The quantitative estimate of drug-likeness (QED) is 0.713. The van der Waals surface area contributed by atoms with Crippen molar-refractivity contribution in [1.29, 1.82) is 0 Å². The summed E-state index contributed by atoms with van der Waals surface area (Å²) in [5, 5.41) is 2.95. The summed E-state index contributed by atoms with van der Waals surface area (Å²) in [5.74, 6) is 0.0813. The Hall–Kier alpha value is -1.42. The fraction of sp³-hybridized carbons (Fsp3) is 0.500. The molecule has 0 saturated heterocycles. The molecular formula is C12H19N3O. The van der Waals surface area contributed by atoms with Crippen LogP contribution in [-0.4, -0.2) is 17.4 Å². The van der Waals surface area contributed by atoms with Crippen molar-refractivity contribution in [3.8, 4) is 0 Å². The van der Waals surface area contributed by atoms with Crippen LogP contribution < -0.4 is 11.1 Å². The van der Waals surface area contributed by atoms with Crippen molar-refractivity contribution < 1.29 is 4.79 Å². The van der Waals surface area contributed by atoms with Gasteiger partial charge in [0.05, 0.1) is 6.04 Å². The molecule has 0 aromatic carbocycles. The van der Waals surface area contributed by atoms with E-state index < -0.39 is 0 Å². The van der Waals surface area contributed by atoms with Gasteiger partial charge in [0, 0.05) is 18.8 Å². The van der Waals surface area contributed by atoms with Crippen molar-refractivity contribution in [1.82, 2.24) is 10.3 Å². The zero-order valence-corrected chi connectivity index (χ0v) is 9.65. The first kappa shape index (κ1) is 12.6. The van der Waals surface area contributed by atoms with Gasteiger partial charge in [-0.3, -0.25) is 9.78 Å². The number of aromatic nitrogens is 1. The summed E-state index contributed by atoms with van der Waals surface area (Å²) < 4.78 is 0. The molecule has 88 valence electrons. The number of unbranched alkanes of at least 4 members (excludes halogenated alkanes) is 1. The fourth-order valence-electron chi connectivity index (χ4n) is 1.48. The zero-order chi connectivity index (χ0) is 11.8. The Morgan fingerprint density at radius 3 is 2.75 bits per heavy atom. The standard InChI is InChI=1S/C12H19N3O/c1-10(11-5-8-14-9-6-11)15-12(16)4-2-3-7-13/h5-6,8-10H,2-4,7,13H2,1H3,(H,15,16)/t10-/m0/s1. The van der Waals surface area contributed by atoms with Crippen molar-refractivity contribution in [3.05, 3.63) is 30.1 Å². The first-order valence-corrected chi connectivity index (χ1v) is 5.63. The Morgan fingerprint density at radius 2 is 2.12 bits per heavy atom. The van der Waals surface area contributed by atoms with Gasteiger partial charge in [-0.15, -0.1) is 0 Å². The summed E-state index contributed by atoms with van der Waals surface area (Å²) in [5.41, 5.74) is 6.44. The number of amides is 1. The van der Waals surface area contributed by atoms with E-state index in [-0.39, 0.29) is 11.9 Å². The summed E-state index contributed by atoms with van der Waals surface area (Å²) in [6, 6.07) is 3.85. The van der Waals surface area contributed by atoms with E-state index >= 15 is 0 Å². The normalized spacial score (nSPS) is 12.1. The van der Waals surface area contributed by atoms with E-state index in [0.29, 0.717) is 13.0 Å². The van der Waals surface area contributed by atoms with Crippen LogP contribution in [0.5, 0.6) is 0 Å². The third-order valence-corrected chi connectivity index (χ3v) is 2.44. The van der Waals surface area contributed by atoms with Crippen LogP contribution in [0.3, 0.4) is 0 Å². The number of carbonyl (C=O) groups excluding carboxylic acids is 1. The molecular weight excluding hydrogens is 202 g/mol. The second kappa shape index (κ2) is 6.95. The first-order valence-electron chi connectivity index (χ1n) is 5.63. The van der Waals surface area contributed by atoms with Gasteiger partial charge in [0.1, 0.15) is 0 Å². The van der Waals surface area contributed by atoms with Crippen molar-refractivity contribution in [2.24, 2.45) is 5.73 Å². The predicted molar refractivity (Wildman–Crippen MR) is 63.7 cm³/mol. The molecule has 0 aliphatic heterocycles. The molecule has 16 heavy (non-hydrogen) atoms. The highest BCUT2D eigenvalue weighted by Gasteiger charge is 2.08. The third-order valence-electron chi connectivity index (χ3n) is 2.44. The van der Waals surface area contributed by atoms with Crippen LogP contribution in [0.2, 0.25) is 0 Å². The Bertz CT molecular complexity index is 313. The molecule has 3 N–H and O–H groups in total. The topological polar surface area (TPSA) is 68.0 Å². The number of hydrogen-bond acceptors (Lipinski definition) is 3. The summed E-state index contributed by atoms with van der Waals surface area (Å²) >= 11 is 0. The molecule has 0 bridgehead atoms. The lowest BCUT2D eigenvalue weighted by atomic mass is 10.1. The van der Waals surface area contributed by atoms with Gasteiger partial charge in [-0.05, 0) is 44.0 Å². The minimum absolute atomic E-state index is 0.0355. The van der Waals surface area contributed by atoms with Crippen LogP contribution in [0.4, 0.5) is 0 Å². The van der Waals surface area contributed by atoms with E-state index in [1.807, 2.05) is 19.1 Å². The maximum Gasteiger partial charge on any atom is 0.220 e. The van der Waals surface area contributed by atoms with Crippen LogP contribution in [0, 0.1) is 0 Å². The second-order valence-electron chi connectivity index (χ2n) is 3.82. The highest BCUT2D eigenvalue weighted by Crippen LogP contribution is 2.10. The molecule has 4 heteroatoms. The highest BCUT2D eigenvalue weighted by atomic mass is 16.1. The van der Waals surface area contributed by atoms with Crippen LogP contribution >= 0.6 is 0 Å². The molecule has 1 amide bonds. The number of carbonyl (C=O) groups is 1. The lowest BCUT2D eigenvalue weighted by molar-refractivity contribution is -0.121. The lowest BCUT2D eigenvalue weighted by Crippen LogP contribution is -2.26. The number of nitrogens with two attached hydrogens (primary N) is 1. The van der Waals surface area contributed by atoms with Crippen LogP contribution in [0.25, 0.3) is 0 Å². The van der Waals surface area contributed by atoms with Gasteiger partial charge in [0.25, 0.3) is 0 Å². The molecule has 0 aliphatic carbocycles. The number of nitrogens with one attached hydrogen (secondary N) is 1. The van der Waals surface area contributed by atoms with E-state index in [1.54, 1.807) is 12.4 Å². The van der Waals surface area contributed by atoms with Crippen LogP contribution in [-0.2, 0) is 4.79 Å². The second-order valence-corrected chi connectivity index (χ2v) is 3.82. The van der Waals surface area contributed by atoms with Crippen LogP contribution in [0.15, 0.2) is 24.5 Å². The third kappa shape index (κ3) is 4.40. The first-order chi connectivity index (χ1) is 7.74. The monoisotopic (exact) mass is 221 g/mol. The lowest BCUT2D eigenvalue weighted by Gasteiger charge is -2.13. The van der Waals surface area contributed by atoms with Gasteiger partial charge in [-0.25, -0.2) is 0 Å². The van der Waals surface area contributed by atoms with Crippen LogP contribution in [0.1, 0.15) is 37.8 Å². The van der Waals surface area contributed by atoms with Gasteiger partial charge < -0.3 is 11.1 Å². The maximum absolute atomic E-state index is 11.5. The van der Waals surface area contributed by atoms with Gasteiger partial charge >= 0.3 is 0 Å². The molecule has 1 aromatic heterocycles. The number of pyridine rings is 1. The van der Waals surface area contributed by atoms with E-state index in [2.05, 4.69) is 10.3 Å². The SMILES string of the molecule is C[C@H](NC(=O)CCCCN)c1ccncc1. The van der Waals surface area contributed by atoms with Crippen molar-refractivity contribution >= 4 is 5.91 Å². The van der Waals surface area contributed by atoms with E-state index in [4.69, 9.17) is 5.73 Å². The molecule has 0 aliphatic rings. The van der Waals surface area contributed by atoms with Gasteiger partial charge in [0.2, 0.25) is 5.91 Å². The largest absolute Gasteiger partial charge is 0.350 e. The number of rotatable bonds is 6. The van der Waals surface area contributed by atoms with Gasteiger partial charge in [-0.2, -0.15) is 0 Å². The predicted octanol–water partition coefficient (Wildman–Crippen LogP) is 1.39. The summed E-state index contributed by atoms with van der Waals surface area (Å²) in [4.78, 5) is 15.5. The molecule has 0 spiro atoms. The fourth-order valence-corrected chi connectivity index (χ4v) is 1.48. The molecule has 0 fully saturated rings. The minimum Gasteiger partial charge on any atom is -0.350 e. The van der Waals surface area contributed by atoms with Crippen molar-refractivity contribution in [2.75, 3.05) is 6.54 Å². The molecule has 1 rings (SSSR count). The van der Waals surface area contributed by atoms with Crippen molar-refractivity contribution in [3.63, 3.8) is 0 Å². The zero-order valence-electron chi connectivity index (χ0n) is 9.65. The average Bonchev–Trinajstić information content (AvgIpc) is 2.30. The Kier molecular flexibility index (Phi) is 5.50. The summed E-state index contributed by atoms with van der Waals surface area (Å²) in [6.07, 6.45) is 5.76. The van der Waals surface area contributed by atoms with E-state index in [1.165, 1.54) is 0 Å². The summed E-state index contributed by atoms with van der Waals surface area (Å²) in [6.45, 7) is 2.61. The molecule has 4 nitrogen and oxygen atoms in total. The smallest absolute Gasteiger partial charge is 0.220 e. The number of nitrogens with zero attached hydrogens (tertiary/aromatic N) is 1.